The molecule has 1 unspecified atom stereocenters. The molecular formula is C16H27N5O. The normalized spacial score (nSPS) is 12.8. The van der Waals surface area contributed by atoms with Gasteiger partial charge in [0, 0.05) is 25.1 Å². The minimum Gasteiger partial charge on any atom is -0.394 e. The number of aromatic nitrogens is 5. The molecule has 1 atom stereocenters. The molecule has 2 rings (SSSR count). The Morgan fingerprint density at radius 1 is 1.18 bits per heavy atom. The molecule has 0 bridgehead atoms. The first kappa shape index (κ1) is 16.7. The average Bonchev–Trinajstić information content (AvgIpc) is 2.99. The van der Waals surface area contributed by atoms with Crippen LogP contribution in [0, 0.1) is 19.8 Å². The predicted octanol–water partition coefficient (Wildman–Crippen LogP) is 1.92. The molecule has 0 fully saturated rings. The topological polar surface area (TPSA) is 68.8 Å². The highest BCUT2D eigenvalue weighted by Gasteiger charge is 2.12. The fourth-order valence-corrected chi connectivity index (χ4v) is 2.53. The van der Waals surface area contributed by atoms with Crippen LogP contribution in [0.1, 0.15) is 43.3 Å². The predicted molar refractivity (Wildman–Crippen MR) is 85.7 cm³/mol. The van der Waals surface area contributed by atoms with Gasteiger partial charge in [-0.05, 0) is 25.8 Å². The van der Waals surface area contributed by atoms with Gasteiger partial charge in [-0.2, -0.15) is 10.2 Å². The van der Waals surface area contributed by atoms with Gasteiger partial charge in [-0.25, -0.2) is 9.67 Å². The van der Waals surface area contributed by atoms with Crippen molar-refractivity contribution in [2.75, 3.05) is 6.61 Å². The van der Waals surface area contributed by atoms with Crippen LogP contribution in [-0.4, -0.2) is 36.3 Å². The number of rotatable bonds is 8. The van der Waals surface area contributed by atoms with Crippen LogP contribution in [0.2, 0.25) is 0 Å². The van der Waals surface area contributed by atoms with Crippen molar-refractivity contribution in [2.24, 2.45) is 5.92 Å². The quantitative estimate of drug-likeness (QED) is 0.809. The second-order valence-electron chi connectivity index (χ2n) is 6.01. The Labute approximate surface area is 132 Å². The molecule has 0 aliphatic rings. The lowest BCUT2D eigenvalue weighted by Crippen LogP contribution is -2.12. The molecule has 0 aliphatic heterocycles. The zero-order valence-corrected chi connectivity index (χ0v) is 14.1. The summed E-state index contributed by atoms with van der Waals surface area (Å²) in [6, 6.07) is 2.08. The lowest BCUT2D eigenvalue weighted by molar-refractivity contribution is 0.266. The van der Waals surface area contributed by atoms with Crippen molar-refractivity contribution in [1.29, 1.82) is 0 Å². The molecule has 122 valence electrons. The second kappa shape index (κ2) is 7.54. The monoisotopic (exact) mass is 305 g/mol. The standard InChI is InChI=1S/C16H27N5O/c1-5-12(2)10-15-17-16(21(19-15)8-9-22)6-7-20-14(4)11-13(3)18-20/h11-12,22H,5-10H2,1-4H3. The first-order valence-corrected chi connectivity index (χ1v) is 8.08. The fraction of sp³-hybridized carbons (Fsp3) is 0.688. The van der Waals surface area contributed by atoms with Crippen LogP contribution >= 0.6 is 0 Å². The van der Waals surface area contributed by atoms with E-state index < -0.39 is 0 Å². The summed E-state index contributed by atoms with van der Waals surface area (Å²) in [7, 11) is 0. The molecule has 1 N–H and O–H groups in total. The number of aliphatic hydroxyl groups excluding tert-OH is 1. The van der Waals surface area contributed by atoms with Gasteiger partial charge in [0.2, 0.25) is 0 Å². The zero-order chi connectivity index (χ0) is 16.1. The minimum atomic E-state index is 0.0824. The largest absolute Gasteiger partial charge is 0.394 e. The Morgan fingerprint density at radius 3 is 2.55 bits per heavy atom. The molecule has 2 aromatic heterocycles. The van der Waals surface area contributed by atoms with Gasteiger partial charge in [0.15, 0.2) is 5.82 Å². The van der Waals surface area contributed by atoms with Crippen molar-refractivity contribution in [3.63, 3.8) is 0 Å². The van der Waals surface area contributed by atoms with Crippen LogP contribution < -0.4 is 0 Å². The van der Waals surface area contributed by atoms with Gasteiger partial charge in [0.05, 0.1) is 18.8 Å². The molecule has 0 amide bonds. The molecular weight excluding hydrogens is 278 g/mol. The Bertz CT molecular complexity index is 602. The third kappa shape index (κ3) is 4.16. The number of hydrogen-bond acceptors (Lipinski definition) is 4. The van der Waals surface area contributed by atoms with Crippen LogP contribution in [0.3, 0.4) is 0 Å². The zero-order valence-electron chi connectivity index (χ0n) is 14.1. The van der Waals surface area contributed by atoms with E-state index in [1.807, 2.05) is 16.3 Å². The first-order chi connectivity index (χ1) is 10.5. The van der Waals surface area contributed by atoms with E-state index >= 15 is 0 Å². The maximum absolute atomic E-state index is 9.21. The molecule has 2 heterocycles. The maximum Gasteiger partial charge on any atom is 0.151 e. The van der Waals surface area contributed by atoms with E-state index in [1.54, 1.807) is 0 Å². The van der Waals surface area contributed by atoms with Crippen molar-refractivity contribution in [3.05, 3.63) is 29.1 Å². The van der Waals surface area contributed by atoms with E-state index in [4.69, 9.17) is 0 Å². The lowest BCUT2D eigenvalue weighted by atomic mass is 10.1. The van der Waals surface area contributed by atoms with Crippen LogP contribution in [0.5, 0.6) is 0 Å². The van der Waals surface area contributed by atoms with Crippen molar-refractivity contribution in [3.8, 4) is 0 Å². The highest BCUT2D eigenvalue weighted by Crippen LogP contribution is 2.10. The SMILES string of the molecule is CCC(C)Cc1nc(CCn2nc(C)cc2C)n(CCO)n1. The van der Waals surface area contributed by atoms with Crippen molar-refractivity contribution in [2.45, 2.75) is 60.0 Å². The summed E-state index contributed by atoms with van der Waals surface area (Å²) in [5.41, 5.74) is 2.19. The van der Waals surface area contributed by atoms with E-state index in [-0.39, 0.29) is 6.61 Å². The molecule has 0 saturated heterocycles. The third-order valence-electron chi connectivity index (χ3n) is 3.98. The van der Waals surface area contributed by atoms with Crippen molar-refractivity contribution >= 4 is 0 Å². The lowest BCUT2D eigenvalue weighted by Gasteiger charge is -2.05. The summed E-state index contributed by atoms with van der Waals surface area (Å²) in [6.45, 7) is 9.82. The van der Waals surface area contributed by atoms with Gasteiger partial charge in [-0.1, -0.05) is 20.3 Å². The molecule has 6 heteroatoms. The smallest absolute Gasteiger partial charge is 0.151 e. The first-order valence-electron chi connectivity index (χ1n) is 8.08. The van der Waals surface area contributed by atoms with Crippen LogP contribution in [0.25, 0.3) is 0 Å². The Morgan fingerprint density at radius 2 is 1.95 bits per heavy atom. The van der Waals surface area contributed by atoms with Gasteiger partial charge in [-0.3, -0.25) is 4.68 Å². The van der Waals surface area contributed by atoms with E-state index in [9.17, 15) is 5.11 Å². The molecule has 0 spiro atoms. The maximum atomic E-state index is 9.21. The number of hydrogen-bond donors (Lipinski definition) is 1. The van der Waals surface area contributed by atoms with Gasteiger partial charge in [0.25, 0.3) is 0 Å². The van der Waals surface area contributed by atoms with E-state index in [0.29, 0.717) is 12.5 Å². The van der Waals surface area contributed by atoms with Crippen LogP contribution in [-0.2, 0) is 25.9 Å². The van der Waals surface area contributed by atoms with E-state index in [1.165, 1.54) is 0 Å². The van der Waals surface area contributed by atoms with Crippen molar-refractivity contribution < 1.29 is 5.11 Å². The van der Waals surface area contributed by atoms with Gasteiger partial charge >= 0.3 is 0 Å². The Hall–Kier alpha value is -1.69. The van der Waals surface area contributed by atoms with E-state index in [2.05, 4.69) is 42.0 Å². The average molecular weight is 305 g/mol. The van der Waals surface area contributed by atoms with Gasteiger partial charge in [0.1, 0.15) is 5.82 Å². The number of aryl methyl sites for hydroxylation is 4. The second-order valence-corrected chi connectivity index (χ2v) is 6.01. The van der Waals surface area contributed by atoms with Crippen LogP contribution in [0.4, 0.5) is 0 Å². The Kier molecular flexibility index (Phi) is 5.71. The fourth-order valence-electron chi connectivity index (χ4n) is 2.53. The summed E-state index contributed by atoms with van der Waals surface area (Å²) < 4.78 is 3.84. The molecule has 6 nitrogen and oxygen atoms in total. The highest BCUT2D eigenvalue weighted by molar-refractivity contribution is 5.07. The molecule has 22 heavy (non-hydrogen) atoms. The molecule has 0 radical (unpaired) electrons. The van der Waals surface area contributed by atoms with Crippen LogP contribution in [0.15, 0.2) is 6.07 Å². The summed E-state index contributed by atoms with van der Waals surface area (Å²) in [4.78, 5) is 4.67. The number of nitrogens with zero attached hydrogens (tertiary/aromatic N) is 5. The summed E-state index contributed by atoms with van der Waals surface area (Å²) >= 11 is 0. The third-order valence-corrected chi connectivity index (χ3v) is 3.98. The Balaban J connectivity index is 2.09. The highest BCUT2D eigenvalue weighted by atomic mass is 16.3. The summed E-state index contributed by atoms with van der Waals surface area (Å²) in [5.74, 6) is 2.39. The molecule has 0 aromatic carbocycles. The van der Waals surface area contributed by atoms with Gasteiger partial charge in [-0.15, -0.1) is 0 Å². The van der Waals surface area contributed by atoms with E-state index in [0.717, 1.165) is 48.8 Å². The summed E-state index contributed by atoms with van der Waals surface area (Å²) in [6.07, 6.45) is 2.78. The minimum absolute atomic E-state index is 0.0824. The summed E-state index contributed by atoms with van der Waals surface area (Å²) in [5, 5.41) is 18.2. The molecule has 0 aliphatic carbocycles. The van der Waals surface area contributed by atoms with Crippen molar-refractivity contribution in [1.82, 2.24) is 24.5 Å². The number of aliphatic hydroxyl groups is 1. The molecule has 2 aromatic rings. The molecule has 0 saturated carbocycles. The van der Waals surface area contributed by atoms with Gasteiger partial charge < -0.3 is 5.11 Å².